The smallest absolute Gasteiger partial charge is 0.295 e. The maximum absolute atomic E-state index is 11.4. The highest BCUT2D eigenvalue weighted by Gasteiger charge is 2.38. The summed E-state index contributed by atoms with van der Waals surface area (Å²) in [7, 11) is 0. The number of hydrogen-bond acceptors (Lipinski definition) is 4. The van der Waals surface area contributed by atoms with E-state index in [2.05, 4.69) is 18.8 Å². The van der Waals surface area contributed by atoms with Crippen molar-refractivity contribution >= 4 is 11.9 Å². The summed E-state index contributed by atoms with van der Waals surface area (Å²) in [6.45, 7) is 5.76. The average Bonchev–Trinajstić information content (AvgIpc) is 2.90. The molecule has 5 nitrogen and oxygen atoms in total. The van der Waals surface area contributed by atoms with E-state index < -0.39 is 0 Å². The number of fused-ring (bicyclic) bond motifs is 1. The predicted octanol–water partition coefficient (Wildman–Crippen LogP) is 2.47. The Labute approximate surface area is 130 Å². The molecule has 0 aliphatic carbocycles. The molecule has 2 aliphatic rings. The van der Waals surface area contributed by atoms with Crippen molar-refractivity contribution in [2.75, 3.05) is 13.1 Å². The second-order valence-corrected chi connectivity index (χ2v) is 6.24. The van der Waals surface area contributed by atoms with E-state index in [0.717, 1.165) is 18.7 Å². The summed E-state index contributed by atoms with van der Waals surface area (Å²) in [5.41, 5.74) is 0. The van der Waals surface area contributed by atoms with E-state index in [9.17, 15) is 4.79 Å². The Hall–Kier alpha value is -2.04. The van der Waals surface area contributed by atoms with E-state index >= 15 is 0 Å². The molecule has 2 aliphatic heterocycles. The molecule has 2 heterocycles. The first-order chi connectivity index (χ1) is 10.6. The fourth-order valence-corrected chi connectivity index (χ4v) is 2.83. The molecule has 0 aromatic heterocycles. The van der Waals surface area contributed by atoms with Crippen LogP contribution in [0.5, 0.6) is 5.75 Å². The standard InChI is InChI=1S/C17H22N2O3/c1-12(2)10-14(21-13-6-4-3-5-7-13)15-11-19-9-8-16(20)18-17(19)22-15/h3-7,12,14-15H,8-11H2,1-2H3. The summed E-state index contributed by atoms with van der Waals surface area (Å²) in [5.74, 6) is 1.24. The van der Waals surface area contributed by atoms with Crippen molar-refractivity contribution < 1.29 is 14.3 Å². The number of benzene rings is 1. The highest BCUT2D eigenvalue weighted by atomic mass is 16.6. The van der Waals surface area contributed by atoms with Crippen molar-refractivity contribution in [1.29, 1.82) is 0 Å². The number of ether oxygens (including phenoxy) is 2. The van der Waals surface area contributed by atoms with Gasteiger partial charge in [-0.3, -0.25) is 4.79 Å². The Bertz CT molecular complexity index is 556. The minimum atomic E-state index is -0.101. The van der Waals surface area contributed by atoms with Crippen LogP contribution in [0.1, 0.15) is 26.7 Å². The van der Waals surface area contributed by atoms with Crippen LogP contribution in [0.3, 0.4) is 0 Å². The molecule has 0 saturated carbocycles. The molecule has 5 heteroatoms. The third-order valence-electron chi connectivity index (χ3n) is 3.89. The molecular weight excluding hydrogens is 280 g/mol. The SMILES string of the molecule is CC(C)CC(Oc1ccccc1)C1CN2CCC(=O)N=C2O1. The van der Waals surface area contributed by atoms with E-state index in [1.54, 1.807) is 0 Å². The number of carbonyl (C=O) groups is 1. The summed E-state index contributed by atoms with van der Waals surface area (Å²) in [4.78, 5) is 17.5. The van der Waals surface area contributed by atoms with Gasteiger partial charge < -0.3 is 14.4 Å². The molecule has 2 unspecified atom stereocenters. The quantitative estimate of drug-likeness (QED) is 0.838. The van der Waals surface area contributed by atoms with E-state index in [1.807, 2.05) is 35.2 Å². The lowest BCUT2D eigenvalue weighted by Gasteiger charge is -2.25. The molecule has 0 N–H and O–H groups in total. The van der Waals surface area contributed by atoms with Gasteiger partial charge in [0.1, 0.15) is 11.9 Å². The average molecular weight is 302 g/mol. The van der Waals surface area contributed by atoms with E-state index in [-0.39, 0.29) is 18.1 Å². The molecule has 0 spiro atoms. The van der Waals surface area contributed by atoms with Crippen LogP contribution in [0.2, 0.25) is 0 Å². The van der Waals surface area contributed by atoms with Gasteiger partial charge in [-0.25, -0.2) is 0 Å². The number of amides is 1. The molecule has 1 amide bonds. The van der Waals surface area contributed by atoms with Gasteiger partial charge in [0, 0.05) is 13.0 Å². The molecule has 2 atom stereocenters. The van der Waals surface area contributed by atoms with Gasteiger partial charge in [-0.1, -0.05) is 32.0 Å². The molecule has 118 valence electrons. The Balaban J connectivity index is 1.73. The van der Waals surface area contributed by atoms with Gasteiger partial charge in [-0.05, 0) is 24.5 Å². The summed E-state index contributed by atoms with van der Waals surface area (Å²) in [6.07, 6.45) is 1.22. The fraction of sp³-hybridized carbons (Fsp3) is 0.529. The van der Waals surface area contributed by atoms with Crippen molar-refractivity contribution in [1.82, 2.24) is 4.90 Å². The molecule has 1 aromatic carbocycles. The third kappa shape index (κ3) is 3.40. The highest BCUT2D eigenvalue weighted by molar-refractivity contribution is 5.93. The minimum Gasteiger partial charge on any atom is -0.486 e. The van der Waals surface area contributed by atoms with Gasteiger partial charge in [-0.2, -0.15) is 4.99 Å². The maximum Gasteiger partial charge on any atom is 0.295 e. The molecule has 3 rings (SSSR count). The fourth-order valence-electron chi connectivity index (χ4n) is 2.83. The van der Waals surface area contributed by atoms with Crippen LogP contribution >= 0.6 is 0 Å². The van der Waals surface area contributed by atoms with Gasteiger partial charge in [-0.15, -0.1) is 0 Å². The van der Waals surface area contributed by atoms with Crippen LogP contribution in [0.25, 0.3) is 0 Å². The van der Waals surface area contributed by atoms with Gasteiger partial charge in [0.25, 0.3) is 11.9 Å². The second-order valence-electron chi connectivity index (χ2n) is 6.24. The van der Waals surface area contributed by atoms with Gasteiger partial charge >= 0.3 is 0 Å². The van der Waals surface area contributed by atoms with Crippen LogP contribution in [0.4, 0.5) is 0 Å². The molecular formula is C17H22N2O3. The normalized spacial score (nSPS) is 22.1. The van der Waals surface area contributed by atoms with Gasteiger partial charge in [0.2, 0.25) is 0 Å². The molecule has 22 heavy (non-hydrogen) atoms. The number of aliphatic imine (C=N–C) groups is 1. The monoisotopic (exact) mass is 302 g/mol. The van der Waals surface area contributed by atoms with Crippen molar-refractivity contribution in [3.05, 3.63) is 30.3 Å². The van der Waals surface area contributed by atoms with Crippen molar-refractivity contribution in [3.8, 4) is 5.75 Å². The largest absolute Gasteiger partial charge is 0.486 e. The number of amidine groups is 1. The number of para-hydroxylation sites is 1. The number of rotatable bonds is 5. The van der Waals surface area contributed by atoms with Crippen molar-refractivity contribution in [3.63, 3.8) is 0 Å². The van der Waals surface area contributed by atoms with Crippen LogP contribution in [-0.2, 0) is 9.53 Å². The summed E-state index contributed by atoms with van der Waals surface area (Å²) < 4.78 is 12.1. The van der Waals surface area contributed by atoms with E-state index in [4.69, 9.17) is 9.47 Å². The lowest BCUT2D eigenvalue weighted by Crippen LogP contribution is -2.37. The Morgan fingerprint density at radius 2 is 2.14 bits per heavy atom. The Morgan fingerprint density at radius 3 is 2.86 bits per heavy atom. The second kappa shape index (κ2) is 6.38. The number of carbonyl (C=O) groups excluding carboxylic acids is 1. The molecule has 1 fully saturated rings. The zero-order chi connectivity index (χ0) is 15.5. The molecule has 0 radical (unpaired) electrons. The molecule has 1 saturated heterocycles. The topological polar surface area (TPSA) is 51.1 Å². The van der Waals surface area contributed by atoms with Crippen molar-refractivity contribution in [2.24, 2.45) is 10.9 Å². The first kappa shape index (κ1) is 14.9. The number of hydrogen-bond donors (Lipinski definition) is 0. The summed E-state index contributed by atoms with van der Waals surface area (Å²) in [6, 6.07) is 10.3. The Morgan fingerprint density at radius 1 is 1.36 bits per heavy atom. The summed E-state index contributed by atoms with van der Waals surface area (Å²) in [5, 5.41) is 0. The van der Waals surface area contributed by atoms with Gasteiger partial charge in [0.05, 0.1) is 6.54 Å². The third-order valence-corrected chi connectivity index (χ3v) is 3.89. The zero-order valence-corrected chi connectivity index (χ0v) is 13.1. The first-order valence-electron chi connectivity index (χ1n) is 7.86. The molecule has 1 aromatic rings. The molecule has 0 bridgehead atoms. The highest BCUT2D eigenvalue weighted by Crippen LogP contribution is 2.25. The lowest BCUT2D eigenvalue weighted by atomic mass is 10.0. The zero-order valence-electron chi connectivity index (χ0n) is 13.1. The summed E-state index contributed by atoms with van der Waals surface area (Å²) >= 11 is 0. The Kier molecular flexibility index (Phi) is 4.32. The minimum absolute atomic E-state index is 0.0502. The first-order valence-corrected chi connectivity index (χ1v) is 7.86. The lowest BCUT2D eigenvalue weighted by molar-refractivity contribution is -0.118. The van der Waals surface area contributed by atoms with Crippen molar-refractivity contribution in [2.45, 2.75) is 38.9 Å². The van der Waals surface area contributed by atoms with Crippen LogP contribution in [-0.4, -0.2) is 42.1 Å². The number of nitrogens with zero attached hydrogens (tertiary/aromatic N) is 2. The van der Waals surface area contributed by atoms with E-state index in [0.29, 0.717) is 24.9 Å². The van der Waals surface area contributed by atoms with Crippen LogP contribution in [0.15, 0.2) is 35.3 Å². The van der Waals surface area contributed by atoms with Gasteiger partial charge in [0.15, 0.2) is 6.10 Å². The predicted molar refractivity (Wildman–Crippen MR) is 83.8 cm³/mol. The maximum atomic E-state index is 11.4. The van der Waals surface area contributed by atoms with Crippen LogP contribution in [0, 0.1) is 5.92 Å². The van der Waals surface area contributed by atoms with Crippen LogP contribution < -0.4 is 4.74 Å². The van der Waals surface area contributed by atoms with E-state index in [1.165, 1.54) is 0 Å².